The van der Waals surface area contributed by atoms with E-state index in [1.165, 1.54) is 0 Å². The van der Waals surface area contributed by atoms with Crippen molar-refractivity contribution in [2.24, 2.45) is 10.9 Å². The maximum absolute atomic E-state index is 3.91. The standard InChI is InChI=1S/C9H13N/c1-4-7-10-8-6-9(3)5-2/h4-9H,1-2H2,3H3/b8-6-,10-7?. The monoisotopic (exact) mass is 135 g/mol. The summed E-state index contributed by atoms with van der Waals surface area (Å²) in [6.45, 7) is 9.18. The van der Waals surface area contributed by atoms with Gasteiger partial charge >= 0.3 is 0 Å². The smallest absolute Gasteiger partial charge is 0.0261 e. The maximum Gasteiger partial charge on any atom is 0.0261 e. The number of hydrogen-bond acceptors (Lipinski definition) is 1. The van der Waals surface area contributed by atoms with E-state index in [1.54, 1.807) is 18.5 Å². The van der Waals surface area contributed by atoms with Crippen molar-refractivity contribution in [3.63, 3.8) is 0 Å². The van der Waals surface area contributed by atoms with Gasteiger partial charge in [-0.25, -0.2) is 0 Å². The van der Waals surface area contributed by atoms with Crippen LogP contribution in [0, 0.1) is 5.92 Å². The van der Waals surface area contributed by atoms with Crippen molar-refractivity contribution < 1.29 is 0 Å². The second-order valence-corrected chi connectivity index (χ2v) is 1.97. The first-order valence-electron chi connectivity index (χ1n) is 3.24. The average Bonchev–Trinajstić information content (AvgIpc) is 1.98. The first-order chi connectivity index (χ1) is 4.81. The lowest BCUT2D eigenvalue weighted by atomic mass is 10.2. The molecule has 0 saturated carbocycles. The van der Waals surface area contributed by atoms with Gasteiger partial charge in [-0.3, -0.25) is 4.99 Å². The third-order valence-electron chi connectivity index (χ3n) is 1.04. The Morgan fingerprint density at radius 1 is 1.40 bits per heavy atom. The summed E-state index contributed by atoms with van der Waals surface area (Å²) in [4.78, 5) is 3.91. The van der Waals surface area contributed by atoms with Crippen LogP contribution < -0.4 is 0 Å². The summed E-state index contributed by atoms with van der Waals surface area (Å²) in [5.41, 5.74) is 0. The minimum absolute atomic E-state index is 0.391. The molecular weight excluding hydrogens is 122 g/mol. The Morgan fingerprint density at radius 2 is 2.10 bits per heavy atom. The average molecular weight is 135 g/mol. The van der Waals surface area contributed by atoms with Gasteiger partial charge in [-0.1, -0.05) is 31.7 Å². The van der Waals surface area contributed by atoms with Crippen LogP contribution in [-0.2, 0) is 0 Å². The molecule has 0 amide bonds. The van der Waals surface area contributed by atoms with Crippen molar-refractivity contribution in [3.05, 3.63) is 37.6 Å². The Morgan fingerprint density at radius 3 is 2.60 bits per heavy atom. The highest BCUT2D eigenvalue weighted by molar-refractivity contribution is 5.70. The third kappa shape index (κ3) is 5.04. The summed E-state index contributed by atoms with van der Waals surface area (Å²) >= 11 is 0. The van der Waals surface area contributed by atoms with Crippen LogP contribution in [0.15, 0.2) is 42.6 Å². The third-order valence-corrected chi connectivity index (χ3v) is 1.04. The van der Waals surface area contributed by atoms with E-state index in [2.05, 4.69) is 18.2 Å². The molecule has 0 radical (unpaired) electrons. The van der Waals surface area contributed by atoms with E-state index in [-0.39, 0.29) is 0 Å². The Hall–Kier alpha value is -1.11. The van der Waals surface area contributed by atoms with Crippen LogP contribution in [0.5, 0.6) is 0 Å². The molecule has 0 saturated heterocycles. The van der Waals surface area contributed by atoms with Crippen LogP contribution in [0.2, 0.25) is 0 Å². The molecule has 0 aromatic rings. The Kier molecular flexibility index (Phi) is 5.35. The molecule has 1 atom stereocenters. The van der Waals surface area contributed by atoms with E-state index in [9.17, 15) is 0 Å². The maximum atomic E-state index is 3.91. The second kappa shape index (κ2) is 6.02. The predicted molar refractivity (Wildman–Crippen MR) is 47.2 cm³/mol. The number of aliphatic imine (C=N–C) groups is 1. The molecule has 0 aliphatic rings. The Balaban J connectivity index is 3.64. The molecule has 0 aromatic heterocycles. The van der Waals surface area contributed by atoms with Crippen molar-refractivity contribution in [1.82, 2.24) is 0 Å². The van der Waals surface area contributed by atoms with E-state index in [0.29, 0.717) is 5.92 Å². The van der Waals surface area contributed by atoms with E-state index >= 15 is 0 Å². The van der Waals surface area contributed by atoms with Crippen LogP contribution in [0.3, 0.4) is 0 Å². The zero-order valence-corrected chi connectivity index (χ0v) is 6.33. The van der Waals surface area contributed by atoms with Gasteiger partial charge in [0.15, 0.2) is 0 Å². The van der Waals surface area contributed by atoms with Crippen molar-refractivity contribution in [1.29, 1.82) is 0 Å². The summed E-state index contributed by atoms with van der Waals surface area (Å²) in [5, 5.41) is 0. The molecule has 1 nitrogen and oxygen atoms in total. The molecule has 0 spiro atoms. The van der Waals surface area contributed by atoms with Crippen LogP contribution >= 0.6 is 0 Å². The van der Waals surface area contributed by atoms with Gasteiger partial charge in [-0.05, 0) is 5.92 Å². The van der Waals surface area contributed by atoms with Crippen LogP contribution in [0.25, 0.3) is 0 Å². The van der Waals surface area contributed by atoms with E-state index in [4.69, 9.17) is 0 Å². The van der Waals surface area contributed by atoms with Crippen LogP contribution in [0.1, 0.15) is 6.92 Å². The molecule has 0 heterocycles. The van der Waals surface area contributed by atoms with Gasteiger partial charge in [-0.15, -0.1) is 6.58 Å². The SMILES string of the molecule is C=CC=N/C=C\C(C)C=C. The Bertz CT molecular complexity index is 154. The molecule has 10 heavy (non-hydrogen) atoms. The van der Waals surface area contributed by atoms with Crippen molar-refractivity contribution >= 4 is 6.21 Å². The van der Waals surface area contributed by atoms with Gasteiger partial charge in [0.2, 0.25) is 0 Å². The highest BCUT2D eigenvalue weighted by atomic mass is 14.6. The molecule has 0 fully saturated rings. The first kappa shape index (κ1) is 8.89. The molecule has 54 valence electrons. The lowest BCUT2D eigenvalue weighted by Crippen LogP contribution is -1.78. The highest BCUT2D eigenvalue weighted by Crippen LogP contribution is 1.96. The normalized spacial score (nSPS) is 14.1. The molecule has 1 heteroatoms. The zero-order valence-electron chi connectivity index (χ0n) is 6.33. The summed E-state index contributed by atoms with van der Waals surface area (Å²) in [6, 6.07) is 0. The largest absolute Gasteiger partial charge is 0.265 e. The molecule has 1 unspecified atom stereocenters. The predicted octanol–water partition coefficient (Wildman–Crippen LogP) is 2.58. The zero-order chi connectivity index (χ0) is 7.82. The molecule has 0 N–H and O–H groups in total. The van der Waals surface area contributed by atoms with Crippen molar-refractivity contribution in [2.75, 3.05) is 0 Å². The fraction of sp³-hybridized carbons (Fsp3) is 0.222. The topological polar surface area (TPSA) is 12.4 Å². The van der Waals surface area contributed by atoms with Gasteiger partial charge in [0.25, 0.3) is 0 Å². The fourth-order valence-electron chi connectivity index (χ4n) is 0.375. The summed E-state index contributed by atoms with van der Waals surface area (Å²) in [5.74, 6) is 0.391. The van der Waals surface area contributed by atoms with E-state index in [0.717, 1.165) is 0 Å². The minimum Gasteiger partial charge on any atom is -0.265 e. The van der Waals surface area contributed by atoms with Gasteiger partial charge in [0.1, 0.15) is 0 Å². The second-order valence-electron chi connectivity index (χ2n) is 1.97. The minimum atomic E-state index is 0.391. The van der Waals surface area contributed by atoms with Crippen molar-refractivity contribution in [3.8, 4) is 0 Å². The molecule has 0 aromatic carbocycles. The number of hydrogen-bond donors (Lipinski definition) is 0. The fourth-order valence-corrected chi connectivity index (χ4v) is 0.375. The molecule has 0 rings (SSSR count). The van der Waals surface area contributed by atoms with Crippen molar-refractivity contribution in [2.45, 2.75) is 6.92 Å². The summed E-state index contributed by atoms with van der Waals surface area (Å²) < 4.78 is 0. The van der Waals surface area contributed by atoms with Crippen LogP contribution in [-0.4, -0.2) is 6.21 Å². The number of allylic oxidation sites excluding steroid dienone is 3. The van der Waals surface area contributed by atoms with E-state index < -0.39 is 0 Å². The highest BCUT2D eigenvalue weighted by Gasteiger charge is 1.82. The summed E-state index contributed by atoms with van der Waals surface area (Å²) in [7, 11) is 0. The lowest BCUT2D eigenvalue weighted by molar-refractivity contribution is 0.940. The molecule has 0 aliphatic carbocycles. The lowest BCUT2D eigenvalue weighted by Gasteiger charge is -1.91. The van der Waals surface area contributed by atoms with Gasteiger partial charge in [-0.2, -0.15) is 0 Å². The molecular formula is C9H13N. The van der Waals surface area contributed by atoms with Gasteiger partial charge in [0, 0.05) is 12.4 Å². The van der Waals surface area contributed by atoms with Gasteiger partial charge < -0.3 is 0 Å². The summed E-state index contributed by atoms with van der Waals surface area (Å²) in [6.07, 6.45) is 8.86. The van der Waals surface area contributed by atoms with Crippen LogP contribution in [0.4, 0.5) is 0 Å². The van der Waals surface area contributed by atoms with Gasteiger partial charge in [0.05, 0.1) is 0 Å². The Labute approximate surface area is 62.5 Å². The molecule has 0 aliphatic heterocycles. The number of nitrogens with zero attached hydrogens (tertiary/aromatic N) is 1. The molecule has 0 bridgehead atoms. The quantitative estimate of drug-likeness (QED) is 0.415. The first-order valence-corrected chi connectivity index (χ1v) is 3.24. The van der Waals surface area contributed by atoms with E-state index in [1.807, 2.05) is 19.1 Å². The number of rotatable bonds is 4.